The first kappa shape index (κ1) is 21.0. The van der Waals surface area contributed by atoms with Gasteiger partial charge in [-0.05, 0) is 63.4 Å². The first-order valence-electron chi connectivity index (χ1n) is 10.2. The Balaban J connectivity index is 1.69. The highest BCUT2D eigenvalue weighted by atomic mass is 16.5. The summed E-state index contributed by atoms with van der Waals surface area (Å²) in [7, 11) is 0. The Morgan fingerprint density at radius 3 is 2.59 bits per heavy atom. The molecule has 1 aliphatic rings. The molecule has 29 heavy (non-hydrogen) atoms. The number of amides is 2. The van der Waals surface area contributed by atoms with Gasteiger partial charge in [0, 0.05) is 37.0 Å². The van der Waals surface area contributed by atoms with E-state index in [1.807, 2.05) is 62.1 Å². The molecule has 2 aromatic rings. The SMILES string of the molecule is CCN(C(=O)c1ccccn1)[C@@H]1CCO[C@H](c2ccc(C(=O)NC(C)C)cc2)C1. The van der Waals surface area contributed by atoms with Crippen LogP contribution in [0.5, 0.6) is 0 Å². The third kappa shape index (κ3) is 5.21. The third-order valence-corrected chi connectivity index (χ3v) is 5.15. The summed E-state index contributed by atoms with van der Waals surface area (Å²) in [6.07, 6.45) is 3.08. The maximum atomic E-state index is 12.9. The van der Waals surface area contributed by atoms with E-state index in [-0.39, 0.29) is 30.0 Å². The van der Waals surface area contributed by atoms with Crippen molar-refractivity contribution in [2.45, 2.75) is 51.8 Å². The van der Waals surface area contributed by atoms with E-state index in [9.17, 15) is 9.59 Å². The molecule has 0 spiro atoms. The van der Waals surface area contributed by atoms with E-state index >= 15 is 0 Å². The van der Waals surface area contributed by atoms with Crippen molar-refractivity contribution < 1.29 is 14.3 Å². The normalized spacial score (nSPS) is 19.0. The van der Waals surface area contributed by atoms with Gasteiger partial charge in [-0.3, -0.25) is 14.6 Å². The molecule has 154 valence electrons. The predicted molar refractivity (Wildman–Crippen MR) is 112 cm³/mol. The maximum Gasteiger partial charge on any atom is 0.272 e. The highest BCUT2D eigenvalue weighted by Gasteiger charge is 2.31. The fourth-order valence-corrected chi connectivity index (χ4v) is 3.69. The zero-order valence-corrected chi connectivity index (χ0v) is 17.3. The lowest BCUT2D eigenvalue weighted by Crippen LogP contribution is -2.44. The van der Waals surface area contributed by atoms with Crippen molar-refractivity contribution in [1.29, 1.82) is 0 Å². The summed E-state index contributed by atoms with van der Waals surface area (Å²) in [5.41, 5.74) is 2.13. The molecule has 2 atom stereocenters. The van der Waals surface area contributed by atoms with E-state index in [1.54, 1.807) is 12.3 Å². The van der Waals surface area contributed by atoms with E-state index in [2.05, 4.69) is 10.3 Å². The minimum Gasteiger partial charge on any atom is -0.373 e. The molecule has 1 aromatic carbocycles. The summed E-state index contributed by atoms with van der Waals surface area (Å²) in [4.78, 5) is 31.1. The molecule has 0 radical (unpaired) electrons. The second kappa shape index (κ2) is 9.65. The number of nitrogens with zero attached hydrogens (tertiary/aromatic N) is 2. The van der Waals surface area contributed by atoms with Crippen LogP contribution in [0.3, 0.4) is 0 Å². The molecule has 1 aromatic heterocycles. The highest BCUT2D eigenvalue weighted by molar-refractivity contribution is 5.94. The first-order chi connectivity index (χ1) is 14.0. The van der Waals surface area contributed by atoms with Gasteiger partial charge in [0.25, 0.3) is 11.8 Å². The zero-order valence-electron chi connectivity index (χ0n) is 17.3. The Bertz CT molecular complexity index is 821. The van der Waals surface area contributed by atoms with Gasteiger partial charge in [-0.25, -0.2) is 0 Å². The minimum absolute atomic E-state index is 0.0422. The van der Waals surface area contributed by atoms with Crippen molar-refractivity contribution in [2.75, 3.05) is 13.2 Å². The van der Waals surface area contributed by atoms with E-state index in [4.69, 9.17) is 4.74 Å². The Labute approximate surface area is 172 Å². The molecule has 1 fully saturated rings. The fourth-order valence-electron chi connectivity index (χ4n) is 3.69. The van der Waals surface area contributed by atoms with Crippen molar-refractivity contribution >= 4 is 11.8 Å². The number of benzene rings is 1. The Morgan fingerprint density at radius 1 is 1.21 bits per heavy atom. The molecule has 0 unspecified atom stereocenters. The summed E-state index contributed by atoms with van der Waals surface area (Å²) in [6, 6.07) is 13.1. The molecular weight excluding hydrogens is 366 g/mol. The van der Waals surface area contributed by atoms with Crippen molar-refractivity contribution in [3.8, 4) is 0 Å². The van der Waals surface area contributed by atoms with Gasteiger partial charge in [0.2, 0.25) is 0 Å². The van der Waals surface area contributed by atoms with Gasteiger partial charge < -0.3 is 15.0 Å². The summed E-state index contributed by atoms with van der Waals surface area (Å²) in [5, 5.41) is 2.90. The lowest BCUT2D eigenvalue weighted by molar-refractivity contribution is -0.0233. The van der Waals surface area contributed by atoms with E-state index in [0.29, 0.717) is 24.4 Å². The average molecular weight is 396 g/mol. The van der Waals surface area contributed by atoms with Crippen LogP contribution in [0.2, 0.25) is 0 Å². The van der Waals surface area contributed by atoms with Gasteiger partial charge in [-0.15, -0.1) is 0 Å². The topological polar surface area (TPSA) is 71.5 Å². The Hall–Kier alpha value is -2.73. The maximum absolute atomic E-state index is 12.9. The molecule has 2 amide bonds. The van der Waals surface area contributed by atoms with Gasteiger partial charge in [0.1, 0.15) is 5.69 Å². The standard InChI is InChI=1S/C23H29N3O3/c1-4-26(23(28)20-7-5-6-13-24-20)19-12-14-29-21(15-19)17-8-10-18(11-9-17)22(27)25-16(2)3/h5-11,13,16,19,21H,4,12,14-15H2,1-3H3,(H,25,27)/t19-,21+/m1/s1. The third-order valence-electron chi connectivity index (χ3n) is 5.15. The largest absolute Gasteiger partial charge is 0.373 e. The number of ether oxygens (including phenoxy) is 1. The summed E-state index contributed by atoms with van der Waals surface area (Å²) < 4.78 is 5.99. The number of nitrogens with one attached hydrogen (secondary N) is 1. The van der Waals surface area contributed by atoms with Crippen LogP contribution in [-0.2, 0) is 4.74 Å². The molecule has 0 aliphatic carbocycles. The molecule has 0 bridgehead atoms. The summed E-state index contributed by atoms with van der Waals surface area (Å²) >= 11 is 0. The second-order valence-electron chi connectivity index (χ2n) is 7.59. The molecule has 1 aliphatic heterocycles. The van der Waals surface area contributed by atoms with Gasteiger partial charge in [0.05, 0.1) is 6.10 Å². The van der Waals surface area contributed by atoms with E-state index in [1.165, 1.54) is 0 Å². The first-order valence-corrected chi connectivity index (χ1v) is 10.2. The number of hydrogen-bond donors (Lipinski definition) is 1. The Kier molecular flexibility index (Phi) is 6.99. The van der Waals surface area contributed by atoms with Crippen LogP contribution in [0.1, 0.15) is 66.1 Å². The molecular formula is C23H29N3O3. The summed E-state index contributed by atoms with van der Waals surface area (Å²) in [5.74, 6) is -0.119. The van der Waals surface area contributed by atoms with Crippen molar-refractivity contribution in [3.05, 3.63) is 65.5 Å². The minimum atomic E-state index is -0.0958. The number of carbonyl (C=O) groups is 2. The fraction of sp³-hybridized carbons (Fsp3) is 0.435. The van der Waals surface area contributed by atoms with Crippen LogP contribution >= 0.6 is 0 Å². The van der Waals surface area contributed by atoms with Gasteiger partial charge in [0.15, 0.2) is 0 Å². The predicted octanol–water partition coefficient (Wildman–Crippen LogP) is 3.60. The number of hydrogen-bond acceptors (Lipinski definition) is 4. The number of aromatic nitrogens is 1. The van der Waals surface area contributed by atoms with Crippen LogP contribution in [0.25, 0.3) is 0 Å². The highest BCUT2D eigenvalue weighted by Crippen LogP contribution is 2.31. The van der Waals surface area contributed by atoms with Crippen LogP contribution in [0.15, 0.2) is 48.7 Å². The van der Waals surface area contributed by atoms with Crippen LogP contribution in [0, 0.1) is 0 Å². The van der Waals surface area contributed by atoms with Gasteiger partial charge in [-0.1, -0.05) is 18.2 Å². The molecule has 3 rings (SSSR count). The zero-order chi connectivity index (χ0) is 20.8. The van der Waals surface area contributed by atoms with E-state index < -0.39 is 0 Å². The lowest BCUT2D eigenvalue weighted by atomic mass is 9.95. The molecule has 2 heterocycles. The molecule has 0 saturated carbocycles. The monoisotopic (exact) mass is 395 g/mol. The van der Waals surface area contributed by atoms with E-state index in [0.717, 1.165) is 18.4 Å². The van der Waals surface area contributed by atoms with Crippen molar-refractivity contribution in [2.24, 2.45) is 0 Å². The van der Waals surface area contributed by atoms with Crippen molar-refractivity contribution in [1.82, 2.24) is 15.2 Å². The van der Waals surface area contributed by atoms with Crippen molar-refractivity contribution in [3.63, 3.8) is 0 Å². The smallest absolute Gasteiger partial charge is 0.272 e. The number of carbonyl (C=O) groups excluding carboxylic acids is 2. The molecule has 1 N–H and O–H groups in total. The lowest BCUT2D eigenvalue weighted by Gasteiger charge is -2.37. The van der Waals surface area contributed by atoms with Gasteiger partial charge in [-0.2, -0.15) is 0 Å². The number of rotatable bonds is 6. The van der Waals surface area contributed by atoms with Crippen LogP contribution in [0.4, 0.5) is 0 Å². The average Bonchev–Trinajstić information content (AvgIpc) is 2.74. The Morgan fingerprint density at radius 2 is 1.97 bits per heavy atom. The second-order valence-corrected chi connectivity index (χ2v) is 7.59. The van der Waals surface area contributed by atoms with Gasteiger partial charge >= 0.3 is 0 Å². The van der Waals surface area contributed by atoms with Crippen LogP contribution in [-0.4, -0.2) is 46.9 Å². The quantitative estimate of drug-likeness (QED) is 0.811. The molecule has 6 nitrogen and oxygen atoms in total. The number of pyridine rings is 1. The summed E-state index contributed by atoms with van der Waals surface area (Å²) in [6.45, 7) is 7.09. The molecule has 1 saturated heterocycles. The molecule has 6 heteroatoms. The van der Waals surface area contributed by atoms with Crippen LogP contribution < -0.4 is 5.32 Å².